The van der Waals surface area contributed by atoms with Crippen LogP contribution in [0.5, 0.6) is 0 Å². The van der Waals surface area contributed by atoms with Crippen LogP contribution in [0.15, 0.2) is 11.4 Å². The molecule has 0 spiro atoms. The minimum Gasteiger partial charge on any atom is -0.191 e. The van der Waals surface area contributed by atoms with E-state index in [0.29, 0.717) is 0 Å². The number of nitrogens with zero attached hydrogens (tertiary/aromatic N) is 3. The number of hydrogen-bond acceptors (Lipinski definition) is 3. The first-order valence-electron chi connectivity index (χ1n) is 3.41. The van der Waals surface area contributed by atoms with Gasteiger partial charge in [0.2, 0.25) is 5.70 Å². The Balaban J connectivity index is 4.92. The van der Waals surface area contributed by atoms with E-state index in [4.69, 9.17) is 5.26 Å². The van der Waals surface area contributed by atoms with Crippen LogP contribution >= 0.6 is 0 Å². The van der Waals surface area contributed by atoms with Crippen LogP contribution in [0, 0.1) is 11.3 Å². The molecule has 0 aromatic carbocycles. The summed E-state index contributed by atoms with van der Waals surface area (Å²) in [7, 11) is 0. The van der Waals surface area contributed by atoms with Gasteiger partial charge in [0, 0.05) is 0 Å². The average Bonchev–Trinajstić information content (AvgIpc) is 2.03. The first kappa shape index (κ1) is 11.6. The Morgan fingerprint density at radius 3 is 2.00 bits per heavy atom. The standard InChI is InChI=1S/C6H7F4N3/c1-2-3-5(12(7)8)6(4-11)13(9)10/h2-3H2,1H3. The molecule has 0 radical (unpaired) electrons. The molecule has 13 heavy (non-hydrogen) atoms. The van der Waals surface area contributed by atoms with Gasteiger partial charge in [-0.2, -0.15) is 5.26 Å². The van der Waals surface area contributed by atoms with Crippen LogP contribution in [-0.2, 0) is 0 Å². The van der Waals surface area contributed by atoms with E-state index in [1.807, 2.05) is 0 Å². The minimum absolute atomic E-state index is 0.249. The fourth-order valence-corrected chi connectivity index (χ4v) is 0.720. The van der Waals surface area contributed by atoms with Crippen LogP contribution in [0.25, 0.3) is 0 Å². The number of halogens is 4. The number of rotatable bonds is 4. The van der Waals surface area contributed by atoms with Gasteiger partial charge in [-0.15, -0.1) is 0 Å². The fourth-order valence-electron chi connectivity index (χ4n) is 0.720. The maximum atomic E-state index is 11.9. The van der Waals surface area contributed by atoms with E-state index in [-0.39, 0.29) is 12.8 Å². The molecule has 0 saturated carbocycles. The SMILES string of the molecule is CCCC(=C(C#N)N(F)F)N(F)F. The lowest BCUT2D eigenvalue weighted by Crippen LogP contribution is -2.11. The predicted octanol–water partition coefficient (Wildman–Crippen LogP) is 2.66. The lowest BCUT2D eigenvalue weighted by atomic mass is 10.2. The van der Waals surface area contributed by atoms with Gasteiger partial charge >= 0.3 is 0 Å². The third-order valence-electron chi connectivity index (χ3n) is 1.24. The van der Waals surface area contributed by atoms with Gasteiger partial charge in [0.15, 0.2) is 0 Å². The van der Waals surface area contributed by atoms with Crippen LogP contribution in [0.2, 0.25) is 0 Å². The van der Waals surface area contributed by atoms with Crippen LogP contribution in [0.1, 0.15) is 19.8 Å². The van der Waals surface area contributed by atoms with Gasteiger partial charge in [-0.3, -0.25) is 0 Å². The molecule has 0 aliphatic carbocycles. The second kappa shape index (κ2) is 5.24. The van der Waals surface area contributed by atoms with Crippen molar-refractivity contribution in [2.24, 2.45) is 0 Å². The van der Waals surface area contributed by atoms with E-state index >= 15 is 0 Å². The highest BCUT2D eigenvalue weighted by atomic mass is 19.4. The summed E-state index contributed by atoms with van der Waals surface area (Å²) < 4.78 is 47.5. The number of nitriles is 1. The monoisotopic (exact) mass is 197 g/mol. The Morgan fingerprint density at radius 2 is 1.77 bits per heavy atom. The summed E-state index contributed by atoms with van der Waals surface area (Å²) in [5.74, 6) is 0. The number of hydrogen-bond donors (Lipinski definition) is 0. The molecule has 0 aromatic rings. The second-order valence-corrected chi connectivity index (χ2v) is 2.12. The van der Waals surface area contributed by atoms with E-state index in [0.717, 1.165) is 6.07 Å². The molecule has 0 heterocycles. The Labute approximate surface area is 72.2 Å². The first-order valence-corrected chi connectivity index (χ1v) is 3.41. The van der Waals surface area contributed by atoms with Gasteiger partial charge in [0.25, 0.3) is 0 Å². The van der Waals surface area contributed by atoms with Gasteiger partial charge < -0.3 is 0 Å². The van der Waals surface area contributed by atoms with Crippen LogP contribution in [0.4, 0.5) is 17.9 Å². The van der Waals surface area contributed by atoms with Crippen molar-refractivity contribution in [1.82, 2.24) is 10.7 Å². The second-order valence-electron chi connectivity index (χ2n) is 2.12. The Kier molecular flexibility index (Phi) is 4.66. The Morgan fingerprint density at radius 1 is 1.23 bits per heavy atom. The summed E-state index contributed by atoms with van der Waals surface area (Å²) >= 11 is 0. The highest BCUT2D eigenvalue weighted by Crippen LogP contribution is 2.20. The third-order valence-corrected chi connectivity index (χ3v) is 1.24. The molecular formula is C6H7F4N3. The zero-order valence-corrected chi connectivity index (χ0v) is 6.77. The molecule has 0 saturated heterocycles. The summed E-state index contributed by atoms with van der Waals surface area (Å²) in [6.45, 7) is 1.54. The molecule has 0 bridgehead atoms. The molecule has 7 heteroatoms. The minimum atomic E-state index is -1.61. The highest BCUT2D eigenvalue weighted by molar-refractivity contribution is 5.22. The molecule has 0 aliphatic rings. The molecule has 0 rings (SSSR count). The van der Waals surface area contributed by atoms with Gasteiger partial charge in [0.05, 0.1) is 0 Å². The van der Waals surface area contributed by atoms with Crippen molar-refractivity contribution in [1.29, 1.82) is 5.26 Å². The summed E-state index contributed by atoms with van der Waals surface area (Å²) in [5.41, 5.74) is -2.30. The molecule has 0 aliphatic heterocycles. The van der Waals surface area contributed by atoms with Crippen molar-refractivity contribution in [3.05, 3.63) is 11.4 Å². The lowest BCUT2D eigenvalue weighted by molar-refractivity contribution is -0.144. The molecule has 0 unspecified atom stereocenters. The summed E-state index contributed by atoms with van der Waals surface area (Å²) in [6.07, 6.45) is -0.0288. The fraction of sp³-hybridized carbons (Fsp3) is 0.500. The predicted molar refractivity (Wildman–Crippen MR) is 35.7 cm³/mol. The Hall–Kier alpha value is -1.45. The summed E-state index contributed by atoms with van der Waals surface area (Å²) in [5, 5.41) is 5.07. The van der Waals surface area contributed by atoms with Crippen molar-refractivity contribution in [3.8, 4) is 6.07 Å². The molecule has 3 nitrogen and oxygen atoms in total. The van der Waals surface area contributed by atoms with Gasteiger partial charge in [-0.25, -0.2) is 0 Å². The lowest BCUT2D eigenvalue weighted by Gasteiger charge is -2.09. The Bertz CT molecular complexity index is 231. The largest absolute Gasteiger partial charge is 0.207 e. The molecule has 0 fully saturated rings. The smallest absolute Gasteiger partial charge is 0.191 e. The zero-order chi connectivity index (χ0) is 10.4. The van der Waals surface area contributed by atoms with E-state index < -0.39 is 22.1 Å². The van der Waals surface area contributed by atoms with Gasteiger partial charge in [-0.05, 0) is 17.1 Å². The normalized spacial score (nSPS) is 11.7. The third kappa shape index (κ3) is 3.19. The van der Waals surface area contributed by atoms with Crippen molar-refractivity contribution in [3.63, 3.8) is 0 Å². The van der Waals surface area contributed by atoms with Crippen LogP contribution < -0.4 is 0 Å². The number of allylic oxidation sites excluding steroid dienone is 2. The first-order chi connectivity index (χ1) is 6.04. The molecule has 0 atom stereocenters. The molecule has 0 amide bonds. The van der Waals surface area contributed by atoms with E-state index in [2.05, 4.69) is 0 Å². The maximum Gasteiger partial charge on any atom is 0.207 e. The highest BCUT2D eigenvalue weighted by Gasteiger charge is 2.19. The summed E-state index contributed by atoms with van der Waals surface area (Å²) in [4.78, 5) is 0. The summed E-state index contributed by atoms with van der Waals surface area (Å²) in [6, 6.07) is 1.00. The van der Waals surface area contributed by atoms with Crippen molar-refractivity contribution < 1.29 is 17.9 Å². The van der Waals surface area contributed by atoms with E-state index in [1.54, 1.807) is 6.92 Å². The van der Waals surface area contributed by atoms with Crippen molar-refractivity contribution in [2.45, 2.75) is 19.8 Å². The maximum absolute atomic E-state index is 11.9. The quantitative estimate of drug-likeness (QED) is 0.394. The van der Waals surface area contributed by atoms with E-state index in [1.165, 1.54) is 0 Å². The topological polar surface area (TPSA) is 30.3 Å². The van der Waals surface area contributed by atoms with Crippen LogP contribution in [-0.4, -0.2) is 10.7 Å². The molecule has 0 N–H and O–H groups in total. The van der Waals surface area contributed by atoms with Gasteiger partial charge in [0.1, 0.15) is 11.8 Å². The van der Waals surface area contributed by atoms with Gasteiger partial charge in [-0.1, -0.05) is 31.3 Å². The van der Waals surface area contributed by atoms with Crippen LogP contribution in [0.3, 0.4) is 0 Å². The average molecular weight is 197 g/mol. The van der Waals surface area contributed by atoms with Crippen molar-refractivity contribution >= 4 is 0 Å². The van der Waals surface area contributed by atoms with Crippen molar-refractivity contribution in [2.75, 3.05) is 0 Å². The molecular weight excluding hydrogens is 190 g/mol. The zero-order valence-electron chi connectivity index (χ0n) is 6.77. The van der Waals surface area contributed by atoms with E-state index in [9.17, 15) is 17.9 Å². The molecule has 0 aromatic heterocycles. The molecule has 74 valence electrons.